The minimum absolute atomic E-state index is 0.0101. The second-order valence-electron chi connectivity index (χ2n) is 6.18. The lowest BCUT2D eigenvalue weighted by molar-refractivity contribution is 0.00360. The summed E-state index contributed by atoms with van der Waals surface area (Å²) in [5, 5.41) is 0.340. The van der Waals surface area contributed by atoms with E-state index in [1.807, 2.05) is 6.92 Å². The van der Waals surface area contributed by atoms with Crippen molar-refractivity contribution in [1.82, 2.24) is 4.90 Å². The van der Waals surface area contributed by atoms with Crippen LogP contribution in [0, 0.1) is 0 Å². The van der Waals surface area contributed by atoms with E-state index in [0.29, 0.717) is 49.0 Å². The van der Waals surface area contributed by atoms with Crippen molar-refractivity contribution in [3.8, 4) is 0 Å². The van der Waals surface area contributed by atoms with Crippen molar-refractivity contribution in [3.05, 3.63) is 28.8 Å². The molecular formula is C16H21ClN2O4S. The van der Waals surface area contributed by atoms with Crippen molar-refractivity contribution in [2.75, 3.05) is 36.4 Å². The normalized spacial score (nSPS) is 24.0. The fourth-order valence-corrected chi connectivity index (χ4v) is 5.01. The quantitative estimate of drug-likeness (QED) is 0.797. The Balaban J connectivity index is 1.92. The SMILES string of the molecule is CC1COCCN1C(=O)c1ccc(Cl)c(N2CCCCS2(=O)=O)c1. The van der Waals surface area contributed by atoms with Crippen LogP contribution in [0.4, 0.5) is 5.69 Å². The minimum Gasteiger partial charge on any atom is -0.377 e. The first-order chi connectivity index (χ1) is 11.4. The van der Waals surface area contributed by atoms with Crippen LogP contribution < -0.4 is 4.31 Å². The summed E-state index contributed by atoms with van der Waals surface area (Å²) in [5.41, 5.74) is 0.840. The van der Waals surface area contributed by atoms with E-state index in [-0.39, 0.29) is 17.7 Å². The third kappa shape index (κ3) is 3.38. The lowest BCUT2D eigenvalue weighted by Gasteiger charge is -2.34. The Hall–Kier alpha value is -1.31. The summed E-state index contributed by atoms with van der Waals surface area (Å²) in [6.45, 7) is 3.88. The second-order valence-corrected chi connectivity index (χ2v) is 8.60. The van der Waals surface area contributed by atoms with Gasteiger partial charge in [0.05, 0.1) is 35.7 Å². The molecule has 2 aliphatic heterocycles. The smallest absolute Gasteiger partial charge is 0.254 e. The Bertz CT molecular complexity index is 738. The lowest BCUT2D eigenvalue weighted by atomic mass is 10.1. The molecule has 0 aliphatic carbocycles. The highest BCUT2D eigenvalue weighted by Crippen LogP contribution is 2.32. The molecule has 0 aromatic heterocycles. The largest absolute Gasteiger partial charge is 0.377 e. The summed E-state index contributed by atoms with van der Waals surface area (Å²) in [6, 6.07) is 4.83. The molecular weight excluding hydrogens is 352 g/mol. The van der Waals surface area contributed by atoms with Crippen molar-refractivity contribution >= 4 is 33.2 Å². The zero-order valence-electron chi connectivity index (χ0n) is 13.6. The van der Waals surface area contributed by atoms with Crippen LogP contribution in [0.25, 0.3) is 0 Å². The fraction of sp³-hybridized carbons (Fsp3) is 0.562. The van der Waals surface area contributed by atoms with Crippen LogP contribution in [-0.2, 0) is 14.8 Å². The Kier molecular flexibility index (Phi) is 5.03. The number of hydrogen-bond donors (Lipinski definition) is 0. The van der Waals surface area contributed by atoms with Crippen molar-refractivity contribution in [2.45, 2.75) is 25.8 Å². The molecule has 1 atom stereocenters. The number of rotatable bonds is 2. The van der Waals surface area contributed by atoms with Crippen LogP contribution in [-0.4, -0.2) is 57.3 Å². The van der Waals surface area contributed by atoms with Gasteiger partial charge in [-0.3, -0.25) is 9.10 Å². The number of morpholine rings is 1. The van der Waals surface area contributed by atoms with E-state index in [0.717, 1.165) is 6.42 Å². The number of benzene rings is 1. The molecule has 132 valence electrons. The average Bonchev–Trinajstić information content (AvgIpc) is 2.55. The molecule has 2 aliphatic rings. The van der Waals surface area contributed by atoms with Gasteiger partial charge < -0.3 is 9.64 Å². The fourth-order valence-electron chi connectivity index (χ4n) is 3.09. The van der Waals surface area contributed by atoms with E-state index in [4.69, 9.17) is 16.3 Å². The van der Waals surface area contributed by atoms with Crippen LogP contribution in [0.3, 0.4) is 0 Å². The molecule has 1 amide bonds. The zero-order chi connectivity index (χ0) is 17.3. The highest BCUT2D eigenvalue weighted by Gasteiger charge is 2.30. The van der Waals surface area contributed by atoms with Crippen LogP contribution in [0.1, 0.15) is 30.1 Å². The molecule has 24 heavy (non-hydrogen) atoms. The number of anilines is 1. The number of amides is 1. The Morgan fingerprint density at radius 1 is 1.29 bits per heavy atom. The Morgan fingerprint density at radius 2 is 2.08 bits per heavy atom. The molecule has 0 saturated carbocycles. The third-order valence-corrected chi connectivity index (χ3v) is 6.61. The number of nitrogens with zero attached hydrogens (tertiary/aromatic N) is 2. The maximum atomic E-state index is 12.8. The first kappa shape index (κ1) is 17.5. The molecule has 0 N–H and O–H groups in total. The molecule has 3 rings (SSSR count). The minimum atomic E-state index is -3.37. The molecule has 2 fully saturated rings. The van der Waals surface area contributed by atoms with Gasteiger partial charge in [0.2, 0.25) is 10.0 Å². The highest BCUT2D eigenvalue weighted by molar-refractivity contribution is 7.92. The van der Waals surface area contributed by atoms with Gasteiger partial charge in [0.25, 0.3) is 5.91 Å². The van der Waals surface area contributed by atoms with Gasteiger partial charge in [-0.1, -0.05) is 11.6 Å². The molecule has 6 nitrogen and oxygen atoms in total. The molecule has 0 radical (unpaired) electrons. The van der Waals surface area contributed by atoms with Crippen LogP contribution >= 0.6 is 11.6 Å². The van der Waals surface area contributed by atoms with Crippen molar-refractivity contribution in [1.29, 1.82) is 0 Å². The molecule has 0 spiro atoms. The van der Waals surface area contributed by atoms with Crippen LogP contribution in [0.15, 0.2) is 18.2 Å². The van der Waals surface area contributed by atoms with Gasteiger partial charge >= 0.3 is 0 Å². The monoisotopic (exact) mass is 372 g/mol. The third-order valence-electron chi connectivity index (χ3n) is 4.44. The Labute approximate surface area is 147 Å². The Morgan fingerprint density at radius 3 is 2.79 bits per heavy atom. The van der Waals surface area contributed by atoms with E-state index in [1.165, 1.54) is 4.31 Å². The maximum absolute atomic E-state index is 12.8. The number of carbonyl (C=O) groups excluding carboxylic acids is 1. The average molecular weight is 373 g/mol. The number of halogens is 1. The van der Waals surface area contributed by atoms with Gasteiger partial charge in [-0.25, -0.2) is 8.42 Å². The molecule has 1 unspecified atom stereocenters. The highest BCUT2D eigenvalue weighted by atomic mass is 35.5. The van der Waals surface area contributed by atoms with Gasteiger partial charge in [-0.15, -0.1) is 0 Å². The zero-order valence-corrected chi connectivity index (χ0v) is 15.1. The predicted molar refractivity (Wildman–Crippen MR) is 93.1 cm³/mol. The molecule has 2 saturated heterocycles. The van der Waals surface area contributed by atoms with Crippen molar-refractivity contribution in [3.63, 3.8) is 0 Å². The van der Waals surface area contributed by atoms with E-state index in [2.05, 4.69) is 0 Å². The van der Waals surface area contributed by atoms with Gasteiger partial charge in [-0.2, -0.15) is 0 Å². The number of sulfonamides is 1. The first-order valence-corrected chi connectivity index (χ1v) is 10.1. The van der Waals surface area contributed by atoms with Crippen molar-refractivity contribution in [2.24, 2.45) is 0 Å². The van der Waals surface area contributed by atoms with Gasteiger partial charge in [0, 0.05) is 18.7 Å². The van der Waals surface area contributed by atoms with E-state index in [9.17, 15) is 13.2 Å². The van der Waals surface area contributed by atoms with E-state index in [1.54, 1.807) is 23.1 Å². The first-order valence-electron chi connectivity index (χ1n) is 8.09. The molecule has 8 heteroatoms. The molecule has 2 heterocycles. The summed E-state index contributed by atoms with van der Waals surface area (Å²) in [5.74, 6) is -0.0136. The van der Waals surface area contributed by atoms with Gasteiger partial charge in [-0.05, 0) is 38.0 Å². The van der Waals surface area contributed by atoms with Crippen LogP contribution in [0.5, 0.6) is 0 Å². The number of hydrogen-bond acceptors (Lipinski definition) is 4. The summed E-state index contributed by atoms with van der Waals surface area (Å²) in [7, 11) is -3.37. The summed E-state index contributed by atoms with van der Waals surface area (Å²) < 4.78 is 31.3. The maximum Gasteiger partial charge on any atom is 0.254 e. The summed E-state index contributed by atoms with van der Waals surface area (Å²) >= 11 is 6.22. The van der Waals surface area contributed by atoms with Crippen LogP contribution in [0.2, 0.25) is 5.02 Å². The molecule has 0 bridgehead atoms. The predicted octanol–water partition coefficient (Wildman–Crippen LogP) is 2.13. The molecule has 1 aromatic carbocycles. The standard InChI is InChI=1S/C16H21ClN2O4S/c1-12-11-23-8-7-18(12)16(20)13-4-5-14(17)15(10-13)19-6-2-3-9-24(19,21)22/h4-5,10,12H,2-3,6-9,11H2,1H3. The molecule has 1 aromatic rings. The van der Waals surface area contributed by atoms with Gasteiger partial charge in [0.15, 0.2) is 0 Å². The number of carbonyl (C=O) groups is 1. The van der Waals surface area contributed by atoms with Gasteiger partial charge in [0.1, 0.15) is 0 Å². The summed E-state index contributed by atoms with van der Waals surface area (Å²) in [6.07, 6.45) is 1.44. The van der Waals surface area contributed by atoms with E-state index >= 15 is 0 Å². The van der Waals surface area contributed by atoms with E-state index < -0.39 is 10.0 Å². The lowest BCUT2D eigenvalue weighted by Crippen LogP contribution is -2.47. The topological polar surface area (TPSA) is 66.9 Å². The second kappa shape index (κ2) is 6.90. The summed E-state index contributed by atoms with van der Waals surface area (Å²) in [4.78, 5) is 14.5. The number of ether oxygens (including phenoxy) is 1. The van der Waals surface area contributed by atoms with Crippen molar-refractivity contribution < 1.29 is 17.9 Å².